The molecular formula is C22H20Cl2N2O7. The molecule has 6 unspecified atom stereocenters. The number of carbonyl (C=O) groups is 4. The Morgan fingerprint density at radius 3 is 2.45 bits per heavy atom. The summed E-state index contributed by atoms with van der Waals surface area (Å²) in [6, 6.07) is 4.52. The quantitative estimate of drug-likeness (QED) is 0.277. The number of hydroxylamine groups is 2. The van der Waals surface area contributed by atoms with Crippen LogP contribution in [0.2, 0.25) is 0 Å². The van der Waals surface area contributed by atoms with Crippen molar-refractivity contribution in [3.63, 3.8) is 0 Å². The van der Waals surface area contributed by atoms with Crippen LogP contribution >= 0.6 is 23.2 Å². The minimum atomic E-state index is -2.02. The number of hydrogen-bond donors (Lipinski definition) is 2. The monoisotopic (exact) mass is 494 g/mol. The number of phenolic OH excluding ortho intramolecular Hbond substituents is 1. The molecule has 174 valence electrons. The van der Waals surface area contributed by atoms with Crippen LogP contribution in [0.4, 0.5) is 0 Å². The maximum absolute atomic E-state index is 13.4. The largest absolute Gasteiger partial charge is 0.508 e. The number of carbonyl (C=O) groups excluding carboxylic acids is 4. The second kappa shape index (κ2) is 6.94. The third-order valence-corrected chi connectivity index (χ3v) is 8.96. The maximum atomic E-state index is 13.4. The zero-order chi connectivity index (χ0) is 24.0. The van der Waals surface area contributed by atoms with Crippen molar-refractivity contribution in [2.75, 3.05) is 14.2 Å². The second-order valence-electron chi connectivity index (χ2n) is 8.88. The highest BCUT2D eigenvalue weighted by atomic mass is 35.5. The standard InChI is InChI=1S/C22H20Cl2N2O7/c1-25-19(30)21(23)8-11-9(6-7-10-14(11)18(29)26(32)17(10)28)16(22(21,24)20(25)31)15-12(27)4-3-5-13(15)33-2/h3-6,10-11,14,16,27,32H,7-8H2,1-2H3. The van der Waals surface area contributed by atoms with Crippen LogP contribution in [0.25, 0.3) is 0 Å². The molecular weight excluding hydrogens is 475 g/mol. The van der Waals surface area contributed by atoms with E-state index in [1.807, 2.05) is 0 Å². The molecule has 4 aliphatic rings. The molecule has 11 heteroatoms. The van der Waals surface area contributed by atoms with Gasteiger partial charge in [0, 0.05) is 18.5 Å². The Bertz CT molecular complexity index is 1170. The van der Waals surface area contributed by atoms with Gasteiger partial charge in [0.05, 0.1) is 18.9 Å². The van der Waals surface area contributed by atoms with Crippen molar-refractivity contribution >= 4 is 46.8 Å². The van der Waals surface area contributed by atoms with E-state index < -0.39 is 57.0 Å². The van der Waals surface area contributed by atoms with E-state index in [-0.39, 0.29) is 35.0 Å². The van der Waals surface area contributed by atoms with Gasteiger partial charge < -0.3 is 9.84 Å². The lowest BCUT2D eigenvalue weighted by atomic mass is 9.56. The molecule has 0 aromatic heterocycles. The number of benzene rings is 1. The predicted octanol–water partition coefficient (Wildman–Crippen LogP) is 1.78. The smallest absolute Gasteiger partial charge is 0.257 e. The number of alkyl halides is 2. The summed E-state index contributed by atoms with van der Waals surface area (Å²) in [5, 5.41) is 20.9. The zero-order valence-electron chi connectivity index (χ0n) is 17.6. The Morgan fingerprint density at radius 2 is 1.79 bits per heavy atom. The average molecular weight is 495 g/mol. The summed E-state index contributed by atoms with van der Waals surface area (Å²) in [5.74, 6) is -6.72. The number of aromatic hydroxyl groups is 1. The van der Waals surface area contributed by atoms with Crippen molar-refractivity contribution in [3.8, 4) is 11.5 Å². The van der Waals surface area contributed by atoms with Crippen molar-refractivity contribution in [3.05, 3.63) is 35.4 Å². The highest BCUT2D eigenvalue weighted by Gasteiger charge is 2.76. The first-order valence-electron chi connectivity index (χ1n) is 10.3. The Balaban J connectivity index is 1.80. The first-order chi connectivity index (χ1) is 15.5. The molecule has 0 radical (unpaired) electrons. The third kappa shape index (κ3) is 2.47. The van der Waals surface area contributed by atoms with Gasteiger partial charge in [-0.05, 0) is 30.9 Å². The molecule has 3 fully saturated rings. The van der Waals surface area contributed by atoms with Crippen LogP contribution in [0, 0.1) is 17.8 Å². The van der Waals surface area contributed by atoms with E-state index in [0.717, 1.165) is 4.90 Å². The van der Waals surface area contributed by atoms with Crippen molar-refractivity contribution in [2.24, 2.45) is 17.8 Å². The van der Waals surface area contributed by atoms with E-state index in [9.17, 15) is 29.5 Å². The lowest BCUT2D eigenvalue weighted by Gasteiger charge is -2.50. The molecule has 1 saturated carbocycles. The van der Waals surface area contributed by atoms with Gasteiger partial charge in [-0.1, -0.05) is 17.7 Å². The molecule has 2 saturated heterocycles. The molecule has 33 heavy (non-hydrogen) atoms. The van der Waals surface area contributed by atoms with E-state index in [1.54, 1.807) is 18.2 Å². The van der Waals surface area contributed by atoms with Crippen molar-refractivity contribution in [2.45, 2.75) is 28.5 Å². The van der Waals surface area contributed by atoms with Gasteiger partial charge in [0.25, 0.3) is 23.6 Å². The number of fused-ring (bicyclic) bond motifs is 4. The average Bonchev–Trinajstić information content (AvgIpc) is 3.09. The number of imide groups is 2. The Labute approximate surface area is 198 Å². The van der Waals surface area contributed by atoms with Crippen LogP contribution in [-0.4, -0.2) is 67.8 Å². The van der Waals surface area contributed by atoms with E-state index in [1.165, 1.54) is 20.2 Å². The summed E-state index contributed by atoms with van der Waals surface area (Å²) in [4.78, 5) is 48.8. The van der Waals surface area contributed by atoms with Gasteiger partial charge in [-0.15, -0.1) is 23.2 Å². The van der Waals surface area contributed by atoms with Crippen LogP contribution in [0.5, 0.6) is 11.5 Å². The fraction of sp³-hybridized carbons (Fsp3) is 0.455. The molecule has 2 aliphatic carbocycles. The van der Waals surface area contributed by atoms with E-state index in [0.29, 0.717) is 5.57 Å². The Kier molecular flexibility index (Phi) is 4.67. The molecule has 0 spiro atoms. The number of likely N-dealkylation sites (tertiary alicyclic amines) is 1. The number of methoxy groups -OCH3 is 1. The van der Waals surface area contributed by atoms with Crippen molar-refractivity contribution in [1.82, 2.24) is 9.96 Å². The molecule has 4 amide bonds. The number of amides is 4. The van der Waals surface area contributed by atoms with Crippen LogP contribution < -0.4 is 4.74 Å². The summed E-state index contributed by atoms with van der Waals surface area (Å²) in [7, 11) is 2.66. The number of ether oxygens (including phenoxy) is 1. The first kappa shape index (κ1) is 22.2. The van der Waals surface area contributed by atoms with Crippen LogP contribution in [0.1, 0.15) is 24.3 Å². The highest BCUT2D eigenvalue weighted by molar-refractivity contribution is 6.53. The molecule has 2 N–H and O–H groups in total. The van der Waals surface area contributed by atoms with Gasteiger partial charge in [-0.25, -0.2) is 0 Å². The molecule has 1 aromatic carbocycles. The molecule has 2 heterocycles. The Hall–Kier alpha value is -2.62. The summed E-state index contributed by atoms with van der Waals surface area (Å²) >= 11 is 14.0. The number of nitrogens with zero attached hydrogens (tertiary/aromatic N) is 2. The van der Waals surface area contributed by atoms with Crippen LogP contribution in [0.15, 0.2) is 29.8 Å². The second-order valence-corrected chi connectivity index (χ2v) is 10.1. The van der Waals surface area contributed by atoms with Gasteiger partial charge in [0.1, 0.15) is 11.5 Å². The lowest BCUT2D eigenvalue weighted by molar-refractivity contribution is -0.173. The predicted molar refractivity (Wildman–Crippen MR) is 114 cm³/mol. The highest BCUT2D eigenvalue weighted by Crippen LogP contribution is 2.66. The normalized spacial score (nSPS) is 37.7. The number of halogens is 2. The van der Waals surface area contributed by atoms with Gasteiger partial charge in [-0.3, -0.25) is 29.3 Å². The molecule has 0 bridgehead atoms. The summed E-state index contributed by atoms with van der Waals surface area (Å²) in [5.41, 5.74) is 0.652. The molecule has 1 aromatic rings. The van der Waals surface area contributed by atoms with Crippen LogP contribution in [0.3, 0.4) is 0 Å². The van der Waals surface area contributed by atoms with Crippen molar-refractivity contribution in [1.29, 1.82) is 0 Å². The van der Waals surface area contributed by atoms with Gasteiger partial charge in [0.15, 0.2) is 9.75 Å². The molecule has 2 aliphatic heterocycles. The minimum absolute atomic E-state index is 0.110. The fourth-order valence-electron chi connectivity index (χ4n) is 6.05. The molecule has 6 atom stereocenters. The third-order valence-electron chi connectivity index (χ3n) is 7.54. The summed E-state index contributed by atoms with van der Waals surface area (Å²) in [6.45, 7) is 0. The zero-order valence-corrected chi connectivity index (χ0v) is 19.1. The Morgan fingerprint density at radius 1 is 1.09 bits per heavy atom. The maximum Gasteiger partial charge on any atom is 0.257 e. The van der Waals surface area contributed by atoms with Gasteiger partial charge >= 0.3 is 0 Å². The molecule has 5 rings (SSSR count). The number of allylic oxidation sites excluding steroid dienone is 2. The SMILES string of the molecule is COc1cccc(O)c1C1C2=CCC3C(=O)N(O)C(=O)C3C2CC2(Cl)C(=O)N(C)C(=O)C12Cl. The summed E-state index contributed by atoms with van der Waals surface area (Å²) in [6.07, 6.45) is 1.62. The summed E-state index contributed by atoms with van der Waals surface area (Å²) < 4.78 is 5.45. The van der Waals surface area contributed by atoms with E-state index >= 15 is 0 Å². The number of hydrogen-bond acceptors (Lipinski definition) is 7. The number of phenols is 1. The van der Waals surface area contributed by atoms with Gasteiger partial charge in [-0.2, -0.15) is 5.06 Å². The van der Waals surface area contributed by atoms with Crippen molar-refractivity contribution < 1.29 is 34.2 Å². The van der Waals surface area contributed by atoms with Gasteiger partial charge in [0.2, 0.25) is 0 Å². The first-order valence-corrected chi connectivity index (χ1v) is 11.1. The van der Waals surface area contributed by atoms with E-state index in [2.05, 4.69) is 0 Å². The molecule has 9 nitrogen and oxygen atoms in total. The number of rotatable bonds is 2. The van der Waals surface area contributed by atoms with E-state index in [4.69, 9.17) is 27.9 Å². The lowest BCUT2D eigenvalue weighted by Crippen LogP contribution is -2.60. The minimum Gasteiger partial charge on any atom is -0.508 e. The van der Waals surface area contributed by atoms with Crippen LogP contribution in [-0.2, 0) is 19.2 Å². The fourth-order valence-corrected chi connectivity index (χ4v) is 7.05. The topological polar surface area (TPSA) is 124 Å².